The zero-order valence-electron chi connectivity index (χ0n) is 28.3. The Labute approximate surface area is 300 Å². The number of nitrogens with one attached hydrogen (secondary N) is 2. The number of hydrogen-bond donors (Lipinski definition) is 2. The van der Waals surface area contributed by atoms with E-state index < -0.39 is 0 Å². The van der Waals surface area contributed by atoms with Crippen LogP contribution in [0.3, 0.4) is 0 Å². The lowest BCUT2D eigenvalue weighted by Crippen LogP contribution is -2.39. The molecule has 1 aliphatic heterocycles. The Kier molecular flexibility index (Phi) is 6.42. The molecule has 11 rings (SSSR count). The lowest BCUT2D eigenvalue weighted by atomic mass is 9.97. The molecule has 0 amide bonds. The summed E-state index contributed by atoms with van der Waals surface area (Å²) in [5.74, 6) is 0. The van der Waals surface area contributed by atoms with E-state index in [9.17, 15) is 0 Å². The van der Waals surface area contributed by atoms with Crippen LogP contribution >= 0.6 is 0 Å². The first-order valence-electron chi connectivity index (χ1n) is 17.9. The zero-order valence-corrected chi connectivity index (χ0v) is 28.3. The molecule has 4 nitrogen and oxygen atoms in total. The summed E-state index contributed by atoms with van der Waals surface area (Å²) in [4.78, 5) is 0. The van der Waals surface area contributed by atoms with Gasteiger partial charge >= 0.3 is 0 Å². The van der Waals surface area contributed by atoms with Gasteiger partial charge < -0.3 is 14.3 Å². The predicted molar refractivity (Wildman–Crippen MR) is 216 cm³/mol. The van der Waals surface area contributed by atoms with Gasteiger partial charge in [-0.25, -0.2) is 0 Å². The van der Waals surface area contributed by atoms with Crippen molar-refractivity contribution in [3.05, 3.63) is 193 Å². The topological polar surface area (TPSA) is 42.1 Å². The fourth-order valence-electron chi connectivity index (χ4n) is 8.41. The highest BCUT2D eigenvalue weighted by atomic mass is 16.3. The van der Waals surface area contributed by atoms with Gasteiger partial charge in [-0.1, -0.05) is 127 Å². The van der Waals surface area contributed by atoms with Crippen LogP contribution in [0.4, 0.5) is 0 Å². The molecule has 0 saturated heterocycles. The van der Waals surface area contributed by atoms with E-state index in [1.807, 2.05) is 12.1 Å². The van der Waals surface area contributed by atoms with E-state index in [2.05, 4.69) is 179 Å². The van der Waals surface area contributed by atoms with Crippen LogP contribution in [0.5, 0.6) is 0 Å². The molecule has 0 saturated carbocycles. The lowest BCUT2D eigenvalue weighted by molar-refractivity contribution is 0.443. The van der Waals surface area contributed by atoms with E-state index in [1.54, 1.807) is 0 Å². The van der Waals surface area contributed by atoms with Crippen LogP contribution < -0.4 is 10.6 Å². The maximum atomic E-state index is 6.18. The molecule has 0 spiro atoms. The zero-order chi connectivity index (χ0) is 34.2. The van der Waals surface area contributed by atoms with Crippen LogP contribution in [0.1, 0.15) is 28.9 Å². The second-order valence-corrected chi connectivity index (χ2v) is 13.8. The number of hydrogen-bond acceptors (Lipinski definition) is 3. The average Bonchev–Trinajstić information content (AvgIpc) is 3.77. The van der Waals surface area contributed by atoms with Crippen molar-refractivity contribution in [3.63, 3.8) is 0 Å². The Bertz CT molecular complexity index is 2950. The number of para-hydroxylation sites is 1. The molecule has 1 aliphatic rings. The van der Waals surface area contributed by atoms with Crippen molar-refractivity contribution in [2.24, 2.45) is 0 Å². The highest BCUT2D eigenvalue weighted by Crippen LogP contribution is 2.41. The van der Waals surface area contributed by atoms with E-state index in [0.29, 0.717) is 0 Å². The van der Waals surface area contributed by atoms with Gasteiger partial charge in [-0.15, -0.1) is 0 Å². The van der Waals surface area contributed by atoms with Gasteiger partial charge in [0.25, 0.3) is 0 Å². The largest absolute Gasteiger partial charge is 0.456 e. The molecule has 2 unspecified atom stereocenters. The first kappa shape index (κ1) is 29.1. The maximum Gasteiger partial charge on any atom is 0.135 e. The summed E-state index contributed by atoms with van der Waals surface area (Å²) in [5.41, 5.74) is 9.94. The Hall–Kier alpha value is -6.62. The van der Waals surface area contributed by atoms with E-state index in [4.69, 9.17) is 4.42 Å². The minimum atomic E-state index is -0.127. The van der Waals surface area contributed by atoms with Crippen molar-refractivity contribution >= 4 is 71.0 Å². The number of fused-ring (bicyclic) bond motifs is 10. The summed E-state index contributed by atoms with van der Waals surface area (Å²) in [5, 5.41) is 17.7. The van der Waals surface area contributed by atoms with Gasteiger partial charge in [0.05, 0.1) is 17.1 Å². The SMILES string of the molecule is C1=C(c2cccc(-n3c4ccc5ccccc5c4c4c5ccccc5ccc43)c2)NC(c2ccc3oc4ccccc4c3c2)NC1c1ccccc1. The van der Waals surface area contributed by atoms with Crippen LogP contribution in [0.25, 0.3) is 76.7 Å². The van der Waals surface area contributed by atoms with Crippen molar-refractivity contribution in [2.45, 2.75) is 12.2 Å². The molecule has 0 bridgehead atoms. The second-order valence-electron chi connectivity index (χ2n) is 13.8. The van der Waals surface area contributed by atoms with Crippen LogP contribution in [0.2, 0.25) is 0 Å². The van der Waals surface area contributed by atoms with E-state index in [-0.39, 0.29) is 12.2 Å². The van der Waals surface area contributed by atoms with Gasteiger partial charge in [-0.05, 0) is 86.8 Å². The van der Waals surface area contributed by atoms with Crippen LogP contribution in [0.15, 0.2) is 180 Å². The standard InChI is InChI=1S/C48H33N3O/c1-2-13-32(14-3-1)40-29-41(50-48(49-40)34-23-26-45-39(28-34)38-19-8-9-20-44(38)52-45)33-15-10-16-35(27-33)51-42-24-21-30-11-4-6-17-36(30)46(42)47-37-18-7-5-12-31(37)22-25-43(47)51/h1-29,40,48-50H. The lowest BCUT2D eigenvalue weighted by Gasteiger charge is -2.33. The smallest absolute Gasteiger partial charge is 0.135 e. The molecular formula is C48H33N3O. The van der Waals surface area contributed by atoms with Crippen molar-refractivity contribution in [3.8, 4) is 5.69 Å². The minimum absolute atomic E-state index is 0.00821. The first-order chi connectivity index (χ1) is 25.8. The summed E-state index contributed by atoms with van der Waals surface area (Å²) in [6.45, 7) is 0. The van der Waals surface area contributed by atoms with Gasteiger partial charge in [-0.2, -0.15) is 0 Å². The average molecular weight is 668 g/mol. The van der Waals surface area contributed by atoms with Crippen molar-refractivity contribution in [1.29, 1.82) is 0 Å². The monoisotopic (exact) mass is 667 g/mol. The van der Waals surface area contributed by atoms with Crippen molar-refractivity contribution in [2.75, 3.05) is 0 Å². The number of nitrogens with zero attached hydrogens (tertiary/aromatic N) is 1. The van der Waals surface area contributed by atoms with Crippen LogP contribution in [0, 0.1) is 0 Å². The summed E-state index contributed by atoms with van der Waals surface area (Å²) < 4.78 is 8.62. The third kappa shape index (κ3) is 4.51. The van der Waals surface area contributed by atoms with Crippen molar-refractivity contribution < 1.29 is 4.42 Å². The Balaban J connectivity index is 1.08. The molecule has 2 aromatic heterocycles. The summed E-state index contributed by atoms with van der Waals surface area (Å²) in [6.07, 6.45) is 2.20. The Morgan fingerprint density at radius 3 is 1.88 bits per heavy atom. The van der Waals surface area contributed by atoms with Gasteiger partial charge in [-0.3, -0.25) is 5.32 Å². The van der Waals surface area contributed by atoms with E-state index >= 15 is 0 Å². The Morgan fingerprint density at radius 2 is 1.13 bits per heavy atom. The summed E-state index contributed by atoms with van der Waals surface area (Å²) in [6, 6.07) is 61.1. The molecule has 0 fully saturated rings. The quantitative estimate of drug-likeness (QED) is 0.196. The first-order valence-corrected chi connectivity index (χ1v) is 17.9. The van der Waals surface area contributed by atoms with E-state index in [1.165, 1.54) is 48.9 Å². The molecule has 0 radical (unpaired) electrons. The highest BCUT2D eigenvalue weighted by Gasteiger charge is 2.25. The van der Waals surface area contributed by atoms with Gasteiger partial charge in [0.1, 0.15) is 17.3 Å². The van der Waals surface area contributed by atoms with Gasteiger partial charge in [0, 0.05) is 32.9 Å². The third-order valence-corrected chi connectivity index (χ3v) is 10.8. The second kappa shape index (κ2) is 11.5. The molecule has 8 aromatic carbocycles. The van der Waals surface area contributed by atoms with Crippen LogP contribution in [-0.4, -0.2) is 4.57 Å². The molecule has 10 aromatic rings. The Morgan fingerprint density at radius 1 is 0.481 bits per heavy atom. The fraction of sp³-hybridized carbons (Fsp3) is 0.0417. The number of aromatic nitrogens is 1. The normalized spacial score (nSPS) is 16.3. The molecule has 2 N–H and O–H groups in total. The molecule has 0 aliphatic carbocycles. The fourth-order valence-corrected chi connectivity index (χ4v) is 8.41. The van der Waals surface area contributed by atoms with E-state index in [0.717, 1.165) is 44.4 Å². The van der Waals surface area contributed by atoms with Crippen LogP contribution in [-0.2, 0) is 0 Å². The maximum absolute atomic E-state index is 6.18. The van der Waals surface area contributed by atoms with Gasteiger partial charge in [0.2, 0.25) is 0 Å². The molecule has 4 heteroatoms. The number of rotatable bonds is 4. The number of furan rings is 1. The molecule has 3 heterocycles. The molecule has 246 valence electrons. The third-order valence-electron chi connectivity index (χ3n) is 10.8. The number of benzene rings is 8. The summed E-state index contributed by atoms with van der Waals surface area (Å²) in [7, 11) is 0. The molecular weight excluding hydrogens is 635 g/mol. The van der Waals surface area contributed by atoms with Gasteiger partial charge in [0.15, 0.2) is 0 Å². The highest BCUT2D eigenvalue weighted by molar-refractivity contribution is 6.28. The molecule has 52 heavy (non-hydrogen) atoms. The minimum Gasteiger partial charge on any atom is -0.456 e. The van der Waals surface area contributed by atoms with Crippen molar-refractivity contribution in [1.82, 2.24) is 15.2 Å². The predicted octanol–water partition coefficient (Wildman–Crippen LogP) is 12.0. The summed E-state index contributed by atoms with van der Waals surface area (Å²) >= 11 is 0. The molecule has 2 atom stereocenters.